The van der Waals surface area contributed by atoms with Crippen LogP contribution < -0.4 is 14.8 Å². The van der Waals surface area contributed by atoms with E-state index in [0.29, 0.717) is 30.2 Å². The number of carbonyl (C=O) groups excluding carboxylic acids is 1. The van der Waals surface area contributed by atoms with Crippen LogP contribution in [0.3, 0.4) is 0 Å². The van der Waals surface area contributed by atoms with Crippen molar-refractivity contribution in [2.24, 2.45) is 0 Å². The second kappa shape index (κ2) is 10.5. The predicted molar refractivity (Wildman–Crippen MR) is 117 cm³/mol. The maximum Gasteiger partial charge on any atom is 0.244 e. The van der Waals surface area contributed by atoms with Gasteiger partial charge in [0.05, 0.1) is 7.11 Å². The molecule has 0 aliphatic rings. The van der Waals surface area contributed by atoms with Crippen molar-refractivity contribution >= 4 is 27.9 Å². The minimum absolute atomic E-state index is 0.295. The lowest BCUT2D eigenvalue weighted by Gasteiger charge is -2.12. The lowest BCUT2D eigenvalue weighted by Crippen LogP contribution is -2.20. The van der Waals surface area contributed by atoms with Gasteiger partial charge in [-0.1, -0.05) is 28.1 Å². The number of nitrogens with zero attached hydrogens (tertiary/aromatic N) is 1. The van der Waals surface area contributed by atoms with Gasteiger partial charge in [0.1, 0.15) is 12.4 Å². The second-order valence-corrected chi connectivity index (χ2v) is 7.27. The summed E-state index contributed by atoms with van der Waals surface area (Å²) in [5.41, 5.74) is 2.12. The summed E-state index contributed by atoms with van der Waals surface area (Å²) in [6.45, 7) is 0.667. The Balaban J connectivity index is 1.57. The number of benzene rings is 2. The number of pyridine rings is 1. The third kappa shape index (κ3) is 6.15. The van der Waals surface area contributed by atoms with E-state index >= 15 is 0 Å². The van der Waals surface area contributed by atoms with Gasteiger partial charge in [-0.15, -0.1) is 0 Å². The van der Waals surface area contributed by atoms with Crippen molar-refractivity contribution in [2.45, 2.75) is 13.2 Å². The first-order valence-corrected chi connectivity index (χ1v) is 9.94. The summed E-state index contributed by atoms with van der Waals surface area (Å²) in [5.74, 6) is 0.443. The fraction of sp³-hybridized carbons (Fsp3) is 0.130. The van der Waals surface area contributed by atoms with Crippen LogP contribution in [0.1, 0.15) is 16.7 Å². The molecule has 0 spiro atoms. The van der Waals surface area contributed by atoms with Gasteiger partial charge in [0.15, 0.2) is 11.5 Å². The molecule has 0 saturated heterocycles. The average molecular weight is 471 g/mol. The molecule has 1 N–H and O–H groups in total. The van der Waals surface area contributed by atoms with Crippen LogP contribution in [-0.2, 0) is 17.9 Å². The van der Waals surface area contributed by atoms with Crippen molar-refractivity contribution in [1.29, 1.82) is 0 Å². The van der Waals surface area contributed by atoms with E-state index in [4.69, 9.17) is 9.47 Å². The van der Waals surface area contributed by atoms with Gasteiger partial charge in [0, 0.05) is 40.6 Å². The van der Waals surface area contributed by atoms with Gasteiger partial charge >= 0.3 is 0 Å². The molecule has 2 aromatic carbocycles. The van der Waals surface area contributed by atoms with Gasteiger partial charge in [0.2, 0.25) is 5.91 Å². The lowest BCUT2D eigenvalue weighted by molar-refractivity contribution is -0.116. The van der Waals surface area contributed by atoms with Gasteiger partial charge in [-0.3, -0.25) is 9.78 Å². The van der Waals surface area contributed by atoms with Crippen LogP contribution in [0.5, 0.6) is 11.5 Å². The van der Waals surface area contributed by atoms with Crippen molar-refractivity contribution in [3.63, 3.8) is 0 Å². The summed E-state index contributed by atoms with van der Waals surface area (Å²) in [6.07, 6.45) is 6.18. The second-order valence-electron chi connectivity index (χ2n) is 6.35. The Morgan fingerprint density at radius 1 is 1.17 bits per heavy atom. The summed E-state index contributed by atoms with van der Waals surface area (Å²) in [6, 6.07) is 13.8. The molecule has 1 heterocycles. The molecule has 1 aromatic heterocycles. The van der Waals surface area contributed by atoms with E-state index in [1.165, 1.54) is 18.2 Å². The van der Waals surface area contributed by atoms with E-state index in [-0.39, 0.29) is 5.91 Å². The molecular weight excluding hydrogens is 451 g/mol. The predicted octanol–water partition coefficient (Wildman–Crippen LogP) is 4.90. The van der Waals surface area contributed by atoms with E-state index in [0.717, 1.165) is 15.6 Å². The number of aromatic nitrogens is 1. The van der Waals surface area contributed by atoms with Gasteiger partial charge in [-0.2, -0.15) is 0 Å². The summed E-state index contributed by atoms with van der Waals surface area (Å²) in [5, 5.41) is 2.77. The topological polar surface area (TPSA) is 60.5 Å². The molecule has 0 bridgehead atoms. The first kappa shape index (κ1) is 21.5. The van der Waals surface area contributed by atoms with Gasteiger partial charge in [-0.25, -0.2) is 4.39 Å². The molecule has 0 radical (unpaired) electrons. The maximum absolute atomic E-state index is 13.7. The molecular formula is C23H20BrFN2O3. The van der Waals surface area contributed by atoms with Crippen LogP contribution in [0.25, 0.3) is 6.08 Å². The van der Waals surface area contributed by atoms with Gasteiger partial charge in [-0.05, 0) is 48.0 Å². The number of rotatable bonds is 8. The number of amides is 1. The van der Waals surface area contributed by atoms with Crippen molar-refractivity contribution in [1.82, 2.24) is 10.3 Å². The Hall–Kier alpha value is -3.19. The van der Waals surface area contributed by atoms with Crippen molar-refractivity contribution < 1.29 is 18.7 Å². The smallest absolute Gasteiger partial charge is 0.244 e. The molecule has 5 nitrogen and oxygen atoms in total. The first-order valence-electron chi connectivity index (χ1n) is 9.15. The van der Waals surface area contributed by atoms with Crippen molar-refractivity contribution in [2.75, 3.05) is 7.11 Å². The molecule has 0 fully saturated rings. The normalized spacial score (nSPS) is 10.8. The zero-order valence-corrected chi connectivity index (χ0v) is 17.9. The van der Waals surface area contributed by atoms with Crippen LogP contribution >= 0.6 is 15.9 Å². The number of halogens is 2. The highest BCUT2D eigenvalue weighted by Crippen LogP contribution is 2.28. The van der Waals surface area contributed by atoms with Crippen LogP contribution in [-0.4, -0.2) is 18.0 Å². The fourth-order valence-electron chi connectivity index (χ4n) is 2.64. The SMILES string of the molecule is COc1cc(CNC(=O)/C=C/c2cc(Br)ccc2F)ccc1OCc1cccnc1. The molecule has 1 amide bonds. The minimum atomic E-state index is -0.395. The van der Waals surface area contributed by atoms with Crippen molar-refractivity contribution in [3.05, 3.63) is 94.0 Å². The minimum Gasteiger partial charge on any atom is -0.493 e. The maximum atomic E-state index is 13.7. The third-order valence-corrected chi connectivity index (χ3v) is 4.68. The molecule has 0 aliphatic heterocycles. The largest absolute Gasteiger partial charge is 0.493 e. The Morgan fingerprint density at radius 2 is 2.03 bits per heavy atom. The van der Waals surface area contributed by atoms with E-state index in [2.05, 4.69) is 26.2 Å². The van der Waals surface area contributed by atoms with E-state index < -0.39 is 5.82 Å². The van der Waals surface area contributed by atoms with E-state index in [1.54, 1.807) is 43.8 Å². The summed E-state index contributed by atoms with van der Waals surface area (Å²) < 4.78 is 25.7. The molecule has 0 atom stereocenters. The van der Waals surface area contributed by atoms with Gasteiger partial charge < -0.3 is 14.8 Å². The fourth-order valence-corrected chi connectivity index (χ4v) is 3.02. The summed E-state index contributed by atoms with van der Waals surface area (Å²) in [7, 11) is 1.56. The third-order valence-electron chi connectivity index (χ3n) is 4.18. The number of hydrogen-bond acceptors (Lipinski definition) is 4. The van der Waals surface area contributed by atoms with Crippen LogP contribution in [0.15, 0.2) is 71.5 Å². The molecule has 0 saturated carbocycles. The highest BCUT2D eigenvalue weighted by atomic mass is 79.9. The quantitative estimate of drug-likeness (QED) is 0.475. The zero-order chi connectivity index (χ0) is 21.3. The zero-order valence-electron chi connectivity index (χ0n) is 16.3. The highest BCUT2D eigenvalue weighted by Gasteiger charge is 2.07. The Bertz CT molecular complexity index is 1040. The van der Waals surface area contributed by atoms with Crippen LogP contribution in [0.2, 0.25) is 0 Å². The summed E-state index contributed by atoms with van der Waals surface area (Å²) >= 11 is 3.28. The number of methoxy groups -OCH3 is 1. The molecule has 7 heteroatoms. The number of ether oxygens (including phenoxy) is 2. The average Bonchev–Trinajstić information content (AvgIpc) is 2.77. The Labute approximate surface area is 182 Å². The lowest BCUT2D eigenvalue weighted by atomic mass is 10.2. The van der Waals surface area contributed by atoms with Crippen LogP contribution in [0, 0.1) is 5.82 Å². The van der Waals surface area contributed by atoms with Crippen molar-refractivity contribution in [3.8, 4) is 11.5 Å². The monoisotopic (exact) mass is 470 g/mol. The molecule has 154 valence electrons. The molecule has 3 rings (SSSR count). The molecule has 3 aromatic rings. The number of hydrogen-bond donors (Lipinski definition) is 1. The first-order chi connectivity index (χ1) is 14.5. The molecule has 0 unspecified atom stereocenters. The molecule has 30 heavy (non-hydrogen) atoms. The highest BCUT2D eigenvalue weighted by molar-refractivity contribution is 9.10. The van der Waals surface area contributed by atoms with E-state index in [1.807, 2.05) is 18.2 Å². The Kier molecular flexibility index (Phi) is 7.57. The van der Waals surface area contributed by atoms with Gasteiger partial charge in [0.25, 0.3) is 0 Å². The van der Waals surface area contributed by atoms with Crippen LogP contribution in [0.4, 0.5) is 4.39 Å². The number of carbonyl (C=O) groups is 1. The number of nitrogens with one attached hydrogen (secondary N) is 1. The Morgan fingerprint density at radius 3 is 2.80 bits per heavy atom. The standard InChI is InChI=1S/C23H20BrFN2O3/c1-29-22-11-16(4-8-21(22)30-15-17-3-2-10-26-13-17)14-27-23(28)9-5-18-12-19(24)6-7-20(18)25/h2-13H,14-15H2,1H3,(H,27,28)/b9-5+. The van der Waals surface area contributed by atoms with E-state index in [9.17, 15) is 9.18 Å². The summed E-state index contributed by atoms with van der Waals surface area (Å²) in [4.78, 5) is 16.1. The molecule has 0 aliphatic carbocycles.